The molecule has 0 aliphatic rings. The molecule has 0 saturated heterocycles. The fourth-order valence-electron chi connectivity index (χ4n) is 3.49. The summed E-state index contributed by atoms with van der Waals surface area (Å²) in [5.41, 5.74) is 11.1. The van der Waals surface area contributed by atoms with Crippen LogP contribution >= 0.6 is 11.6 Å². The topological polar surface area (TPSA) is 140 Å². The van der Waals surface area contributed by atoms with Crippen molar-refractivity contribution in [2.45, 2.75) is 33.8 Å². The van der Waals surface area contributed by atoms with Gasteiger partial charge in [-0.05, 0) is 72.8 Å². The average Bonchev–Trinajstić information content (AvgIpc) is 2.81. The van der Waals surface area contributed by atoms with E-state index < -0.39 is 11.3 Å². The highest BCUT2D eigenvalue weighted by molar-refractivity contribution is 6.84. The highest BCUT2D eigenvalue weighted by atomic mass is 35.5. The van der Waals surface area contributed by atoms with Crippen LogP contribution in [0.1, 0.15) is 36.1 Å². The van der Waals surface area contributed by atoms with Gasteiger partial charge in [-0.1, -0.05) is 19.1 Å². The number of nitrogens with two attached hydrogens (primary N) is 3. The molecule has 6 N–H and O–H groups in total. The molecule has 0 unspecified atom stereocenters. The first-order valence-corrected chi connectivity index (χ1v) is 11.0. The number of aliphatic imine (C=N–C) groups is 1. The molecule has 34 heavy (non-hydrogen) atoms. The van der Waals surface area contributed by atoms with E-state index in [-0.39, 0.29) is 12.3 Å². The van der Waals surface area contributed by atoms with Gasteiger partial charge in [0.1, 0.15) is 18.1 Å². The van der Waals surface area contributed by atoms with Crippen LogP contribution in [0.25, 0.3) is 5.70 Å². The largest absolute Gasteiger partial charge is 0.489 e. The van der Waals surface area contributed by atoms with Crippen molar-refractivity contribution in [3.8, 4) is 5.75 Å². The van der Waals surface area contributed by atoms with Gasteiger partial charge in [0.25, 0.3) is 5.24 Å². The number of nitrogens with zero attached hydrogens (tertiary/aromatic N) is 3. The Labute approximate surface area is 204 Å². The maximum atomic E-state index is 12.3. The quantitative estimate of drug-likeness (QED) is 0.172. The molecular formula is C24H31ClN6O3. The summed E-state index contributed by atoms with van der Waals surface area (Å²) in [7, 11) is 2.91. The predicted octanol–water partition coefficient (Wildman–Crippen LogP) is 3.27. The van der Waals surface area contributed by atoms with Gasteiger partial charge in [-0.2, -0.15) is 0 Å². The molecule has 0 bridgehead atoms. The number of carbonyl (C=O) groups excluding carboxylic acids is 2. The van der Waals surface area contributed by atoms with Crippen molar-refractivity contribution in [1.29, 1.82) is 0 Å². The summed E-state index contributed by atoms with van der Waals surface area (Å²) in [6.07, 6.45) is 0.728. The second-order valence-electron chi connectivity index (χ2n) is 7.69. The highest BCUT2D eigenvalue weighted by Gasteiger charge is 2.20. The average molecular weight is 487 g/mol. The molecule has 0 radical (unpaired) electrons. The summed E-state index contributed by atoms with van der Waals surface area (Å²) >= 11 is 5.60. The number of urea groups is 1. The number of hydrazine groups is 2. The molecule has 2 aromatic carbocycles. The van der Waals surface area contributed by atoms with Gasteiger partial charge in [0.15, 0.2) is 0 Å². The van der Waals surface area contributed by atoms with Gasteiger partial charge >= 0.3 is 6.03 Å². The number of amides is 2. The van der Waals surface area contributed by atoms with Gasteiger partial charge in [-0.15, -0.1) is 0 Å². The Morgan fingerprint density at radius 2 is 1.85 bits per heavy atom. The van der Waals surface area contributed by atoms with E-state index in [1.54, 1.807) is 25.1 Å². The second kappa shape index (κ2) is 11.6. The van der Waals surface area contributed by atoms with Crippen LogP contribution in [-0.4, -0.2) is 36.1 Å². The van der Waals surface area contributed by atoms with Crippen LogP contribution in [0.15, 0.2) is 47.0 Å². The molecule has 2 amide bonds. The number of carbonyl (C=O) groups is 2. The van der Waals surface area contributed by atoms with E-state index >= 15 is 0 Å². The van der Waals surface area contributed by atoms with Crippen LogP contribution < -0.4 is 27.2 Å². The summed E-state index contributed by atoms with van der Waals surface area (Å²) in [6.45, 7) is 5.78. The minimum Gasteiger partial charge on any atom is -0.489 e. The van der Waals surface area contributed by atoms with Crippen LogP contribution in [0.2, 0.25) is 0 Å². The number of halogens is 1. The Balaban J connectivity index is 2.36. The standard InChI is InChI=1S/C24H31ClN6O3/c1-6-16-8-7-9-19(31(28)24(33)30(5)27)18(16)13-34-20-11-10-17(12-14(20)2)21(26)15(3)22(29-4)23(25)32/h7-12H,6,13,26-28H2,1-5H3. The zero-order chi connectivity index (χ0) is 25.6. The summed E-state index contributed by atoms with van der Waals surface area (Å²) in [5, 5.41) is 1.25. The van der Waals surface area contributed by atoms with Crippen molar-refractivity contribution in [3.05, 3.63) is 64.2 Å². The lowest BCUT2D eigenvalue weighted by atomic mass is 10.0. The normalized spacial score (nSPS) is 12.2. The van der Waals surface area contributed by atoms with E-state index in [2.05, 4.69) is 4.99 Å². The number of hydrogen-bond donors (Lipinski definition) is 3. The predicted molar refractivity (Wildman–Crippen MR) is 136 cm³/mol. The second-order valence-corrected chi connectivity index (χ2v) is 8.03. The summed E-state index contributed by atoms with van der Waals surface area (Å²) in [5.74, 6) is 12.2. The van der Waals surface area contributed by atoms with E-state index in [4.69, 9.17) is 33.8 Å². The molecule has 0 aliphatic heterocycles. The molecular weight excluding hydrogens is 456 g/mol. The molecule has 0 fully saturated rings. The van der Waals surface area contributed by atoms with Gasteiger partial charge < -0.3 is 10.5 Å². The fraction of sp³-hybridized carbons (Fsp3) is 0.292. The van der Waals surface area contributed by atoms with Crippen LogP contribution in [0, 0.1) is 6.92 Å². The first-order chi connectivity index (χ1) is 16.0. The Morgan fingerprint density at radius 1 is 1.18 bits per heavy atom. The zero-order valence-corrected chi connectivity index (χ0v) is 20.8. The third kappa shape index (κ3) is 5.93. The van der Waals surface area contributed by atoms with Crippen LogP contribution in [0.3, 0.4) is 0 Å². The minimum absolute atomic E-state index is 0.116. The molecule has 0 aromatic heterocycles. The molecule has 9 nitrogen and oxygen atoms in total. The van der Waals surface area contributed by atoms with Crippen molar-refractivity contribution >= 4 is 40.0 Å². The van der Waals surface area contributed by atoms with Gasteiger partial charge in [0.2, 0.25) is 0 Å². The minimum atomic E-state index is -0.668. The molecule has 0 atom stereocenters. The Morgan fingerprint density at radius 3 is 2.38 bits per heavy atom. The van der Waals surface area contributed by atoms with Gasteiger partial charge in [-0.3, -0.25) is 14.8 Å². The van der Waals surface area contributed by atoms with E-state index in [0.29, 0.717) is 28.3 Å². The van der Waals surface area contributed by atoms with E-state index in [0.717, 1.165) is 33.1 Å². The number of rotatable bonds is 8. The number of ether oxygens (including phenoxy) is 1. The lowest BCUT2D eigenvalue weighted by Crippen LogP contribution is -2.49. The van der Waals surface area contributed by atoms with Gasteiger partial charge in [0, 0.05) is 30.9 Å². The molecule has 10 heteroatoms. The van der Waals surface area contributed by atoms with E-state index in [1.807, 2.05) is 32.0 Å². The fourth-order valence-corrected chi connectivity index (χ4v) is 3.72. The van der Waals surface area contributed by atoms with Crippen molar-refractivity contribution in [3.63, 3.8) is 0 Å². The Kier molecular flexibility index (Phi) is 9.19. The lowest BCUT2D eigenvalue weighted by Gasteiger charge is -2.24. The van der Waals surface area contributed by atoms with Crippen molar-refractivity contribution < 1.29 is 14.3 Å². The van der Waals surface area contributed by atoms with Crippen molar-refractivity contribution in [2.24, 2.45) is 22.4 Å². The molecule has 0 saturated carbocycles. The summed E-state index contributed by atoms with van der Waals surface area (Å²) < 4.78 is 6.10. The number of anilines is 1. The number of benzene rings is 2. The first kappa shape index (κ1) is 26.8. The molecule has 0 spiro atoms. The van der Waals surface area contributed by atoms with Crippen LogP contribution in [-0.2, 0) is 17.8 Å². The number of hydrogen-bond acceptors (Lipinski definition) is 7. The lowest BCUT2D eigenvalue weighted by molar-refractivity contribution is -0.106. The maximum Gasteiger partial charge on any atom is 0.352 e. The monoisotopic (exact) mass is 486 g/mol. The van der Waals surface area contributed by atoms with Crippen LogP contribution in [0.4, 0.5) is 10.5 Å². The molecule has 2 aromatic rings. The van der Waals surface area contributed by atoms with Crippen molar-refractivity contribution in [2.75, 3.05) is 19.1 Å². The summed E-state index contributed by atoms with van der Waals surface area (Å²) in [4.78, 5) is 27.8. The maximum absolute atomic E-state index is 12.3. The third-order valence-electron chi connectivity index (χ3n) is 5.42. The van der Waals surface area contributed by atoms with Crippen molar-refractivity contribution in [1.82, 2.24) is 5.01 Å². The third-order valence-corrected chi connectivity index (χ3v) is 5.60. The molecule has 182 valence electrons. The molecule has 0 aliphatic carbocycles. The summed E-state index contributed by atoms with van der Waals surface area (Å²) in [6, 6.07) is 10.4. The van der Waals surface area contributed by atoms with Gasteiger partial charge in [0.05, 0.1) is 5.69 Å². The molecule has 0 heterocycles. The van der Waals surface area contributed by atoms with Gasteiger partial charge in [-0.25, -0.2) is 21.5 Å². The Hall–Kier alpha value is -3.40. The van der Waals surface area contributed by atoms with Crippen LogP contribution in [0.5, 0.6) is 5.75 Å². The number of aryl methyl sites for hydroxylation is 2. The van der Waals surface area contributed by atoms with E-state index in [9.17, 15) is 9.59 Å². The zero-order valence-electron chi connectivity index (χ0n) is 20.1. The number of allylic oxidation sites excluding steroid dienone is 1. The Bertz CT molecular complexity index is 1140. The molecule has 2 rings (SSSR count). The van der Waals surface area contributed by atoms with E-state index in [1.165, 1.54) is 14.1 Å². The first-order valence-electron chi connectivity index (χ1n) is 10.6. The SMILES string of the molecule is CCc1cccc(N(N)C(=O)N(C)N)c1COc1ccc(C(N)=C(C)C(=NC)C(=O)Cl)cc1C. The highest BCUT2D eigenvalue weighted by Crippen LogP contribution is 2.28. The smallest absolute Gasteiger partial charge is 0.352 e.